The smallest absolute Gasteiger partial charge is 0.309 e. The molecule has 5 nitrogen and oxygen atoms in total. The van der Waals surface area contributed by atoms with Gasteiger partial charge in [0.25, 0.3) is 0 Å². The first-order chi connectivity index (χ1) is 10.3. The Labute approximate surface area is 130 Å². The number of fused-ring (bicyclic) bond motifs is 2. The van der Waals surface area contributed by atoms with Crippen molar-refractivity contribution in [1.82, 2.24) is 0 Å². The average Bonchev–Trinajstić information content (AvgIpc) is 2.84. The van der Waals surface area contributed by atoms with Gasteiger partial charge >= 0.3 is 11.9 Å². The van der Waals surface area contributed by atoms with Crippen LogP contribution >= 0.6 is 0 Å². The molecule has 0 spiro atoms. The lowest BCUT2D eigenvalue weighted by atomic mass is 9.66. The lowest BCUT2D eigenvalue weighted by molar-refractivity contribution is -0.165. The van der Waals surface area contributed by atoms with E-state index in [0.29, 0.717) is 6.42 Å². The first kappa shape index (κ1) is 15.3. The molecule has 0 amide bonds. The lowest BCUT2D eigenvalue weighted by Crippen LogP contribution is -2.50. The fraction of sp³-hybridized carbons (Fsp3) is 0.706. The Kier molecular flexibility index (Phi) is 3.42. The van der Waals surface area contributed by atoms with Crippen LogP contribution in [0.15, 0.2) is 12.2 Å². The Morgan fingerprint density at radius 3 is 2.68 bits per heavy atom. The first-order valence-corrected chi connectivity index (χ1v) is 7.87. The highest BCUT2D eigenvalue weighted by molar-refractivity contribution is 5.98. The molecule has 120 valence electrons. The fourth-order valence-electron chi connectivity index (χ4n) is 4.61. The number of allylic oxidation sites excluding steroid dienone is 2. The van der Waals surface area contributed by atoms with Gasteiger partial charge in [-0.1, -0.05) is 19.9 Å². The van der Waals surface area contributed by atoms with Gasteiger partial charge in [-0.2, -0.15) is 0 Å². The van der Waals surface area contributed by atoms with Gasteiger partial charge in [0.15, 0.2) is 5.78 Å². The zero-order valence-corrected chi connectivity index (χ0v) is 13.4. The number of esters is 2. The number of hydrogen-bond donors (Lipinski definition) is 0. The van der Waals surface area contributed by atoms with Crippen LogP contribution in [0.1, 0.15) is 34.1 Å². The van der Waals surface area contributed by atoms with Crippen LogP contribution in [0.4, 0.5) is 0 Å². The largest absolute Gasteiger partial charge is 0.462 e. The second-order valence-corrected chi connectivity index (χ2v) is 7.12. The number of carbonyl (C=O) groups is 3. The molecule has 5 heteroatoms. The number of carbonyl (C=O) groups excluding carboxylic acids is 3. The van der Waals surface area contributed by atoms with Gasteiger partial charge in [-0.3, -0.25) is 14.4 Å². The van der Waals surface area contributed by atoms with Crippen molar-refractivity contribution in [2.75, 3.05) is 0 Å². The van der Waals surface area contributed by atoms with Crippen molar-refractivity contribution in [2.24, 2.45) is 29.1 Å². The van der Waals surface area contributed by atoms with E-state index in [1.54, 1.807) is 13.0 Å². The van der Waals surface area contributed by atoms with Crippen molar-refractivity contribution < 1.29 is 23.9 Å². The van der Waals surface area contributed by atoms with Crippen LogP contribution in [-0.4, -0.2) is 29.9 Å². The van der Waals surface area contributed by atoms with E-state index in [2.05, 4.69) is 6.92 Å². The summed E-state index contributed by atoms with van der Waals surface area (Å²) in [5.74, 6) is -1.17. The molecule has 3 aliphatic rings. The van der Waals surface area contributed by atoms with Gasteiger partial charge in [0.2, 0.25) is 0 Å². The van der Waals surface area contributed by atoms with Crippen molar-refractivity contribution in [3.63, 3.8) is 0 Å². The normalized spacial score (nSPS) is 46.7. The molecule has 2 fully saturated rings. The van der Waals surface area contributed by atoms with Crippen molar-refractivity contribution in [1.29, 1.82) is 0 Å². The molecule has 1 saturated carbocycles. The fourth-order valence-corrected chi connectivity index (χ4v) is 4.61. The van der Waals surface area contributed by atoms with E-state index in [0.717, 1.165) is 0 Å². The molecule has 0 aromatic heterocycles. The van der Waals surface area contributed by atoms with Crippen LogP contribution in [0.25, 0.3) is 0 Å². The Hall–Kier alpha value is -1.65. The monoisotopic (exact) mass is 306 g/mol. The Morgan fingerprint density at radius 2 is 2.05 bits per heavy atom. The van der Waals surface area contributed by atoms with Gasteiger partial charge in [-0.15, -0.1) is 0 Å². The predicted octanol–water partition coefficient (Wildman–Crippen LogP) is 1.90. The summed E-state index contributed by atoms with van der Waals surface area (Å²) < 4.78 is 11.1. The van der Waals surface area contributed by atoms with Crippen molar-refractivity contribution in [2.45, 2.75) is 46.3 Å². The van der Waals surface area contributed by atoms with E-state index in [-0.39, 0.29) is 41.5 Å². The van der Waals surface area contributed by atoms with Gasteiger partial charge in [-0.25, -0.2) is 0 Å². The van der Waals surface area contributed by atoms with E-state index in [4.69, 9.17) is 9.47 Å². The third kappa shape index (κ3) is 1.94. The molecule has 0 aromatic carbocycles. The van der Waals surface area contributed by atoms with Gasteiger partial charge in [0, 0.05) is 12.8 Å². The molecule has 0 aromatic rings. The highest BCUT2D eigenvalue weighted by Gasteiger charge is 2.62. The second-order valence-electron chi connectivity index (χ2n) is 7.12. The van der Waals surface area contributed by atoms with Gasteiger partial charge in [-0.05, 0) is 31.3 Å². The summed E-state index contributed by atoms with van der Waals surface area (Å²) in [6.45, 7) is 7.07. The molecule has 1 unspecified atom stereocenters. The Morgan fingerprint density at radius 1 is 1.36 bits per heavy atom. The summed E-state index contributed by atoms with van der Waals surface area (Å²) in [5.41, 5.74) is -0.813. The lowest BCUT2D eigenvalue weighted by Gasteiger charge is -2.40. The summed E-state index contributed by atoms with van der Waals surface area (Å²) in [5, 5.41) is 0. The van der Waals surface area contributed by atoms with Gasteiger partial charge in [0.1, 0.15) is 12.2 Å². The molecule has 3 rings (SSSR count). The number of hydrogen-bond acceptors (Lipinski definition) is 5. The molecule has 0 bridgehead atoms. The topological polar surface area (TPSA) is 69.7 Å². The average molecular weight is 306 g/mol. The van der Waals surface area contributed by atoms with Crippen LogP contribution in [0.2, 0.25) is 0 Å². The van der Waals surface area contributed by atoms with E-state index in [9.17, 15) is 14.4 Å². The standard InChI is InChI=1S/C17H22O5/c1-8-7-12-14(9(2)16(20)22-12)15(21-10(3)18)17(4)11(8)5-6-13(17)19/h5-6,8-9,11-12,14-15H,7H2,1-4H3/t8-,9?,11+,12-,14-,15-,17+/m1/s1. The highest BCUT2D eigenvalue weighted by Crippen LogP contribution is 2.54. The maximum absolute atomic E-state index is 12.6. The number of ether oxygens (including phenoxy) is 2. The molecule has 7 atom stereocenters. The molecular formula is C17H22O5. The number of ketones is 1. The molecular weight excluding hydrogens is 284 g/mol. The maximum Gasteiger partial charge on any atom is 0.309 e. The molecule has 2 aliphatic carbocycles. The van der Waals surface area contributed by atoms with Crippen LogP contribution < -0.4 is 0 Å². The van der Waals surface area contributed by atoms with E-state index in [1.165, 1.54) is 6.92 Å². The Balaban J connectivity index is 2.10. The van der Waals surface area contributed by atoms with Crippen LogP contribution in [-0.2, 0) is 23.9 Å². The molecule has 1 aliphatic heterocycles. The summed E-state index contributed by atoms with van der Waals surface area (Å²) in [4.78, 5) is 36.2. The van der Waals surface area contributed by atoms with E-state index in [1.807, 2.05) is 13.0 Å². The minimum Gasteiger partial charge on any atom is -0.462 e. The molecule has 1 heterocycles. The molecule has 0 N–H and O–H groups in total. The van der Waals surface area contributed by atoms with Crippen LogP contribution in [0, 0.1) is 29.1 Å². The maximum atomic E-state index is 12.6. The quantitative estimate of drug-likeness (QED) is 0.692. The summed E-state index contributed by atoms with van der Waals surface area (Å²) in [6, 6.07) is 0. The SMILES string of the molecule is CC(=O)O[C@@H]1[C@@H]2C(C)C(=O)O[C@@H]2C[C@@H](C)[C@@H]2C=CC(=O)[C@@]12C. The zero-order valence-electron chi connectivity index (χ0n) is 13.4. The van der Waals surface area contributed by atoms with Crippen molar-refractivity contribution in [3.8, 4) is 0 Å². The third-order valence-electron chi connectivity index (χ3n) is 5.77. The highest BCUT2D eigenvalue weighted by atomic mass is 16.6. The minimum atomic E-state index is -0.813. The first-order valence-electron chi connectivity index (χ1n) is 7.87. The third-order valence-corrected chi connectivity index (χ3v) is 5.77. The van der Waals surface area contributed by atoms with Gasteiger partial charge < -0.3 is 9.47 Å². The number of rotatable bonds is 1. The van der Waals surface area contributed by atoms with Crippen LogP contribution in [0.5, 0.6) is 0 Å². The zero-order chi connectivity index (χ0) is 16.2. The van der Waals surface area contributed by atoms with Gasteiger partial charge in [0.05, 0.1) is 11.3 Å². The van der Waals surface area contributed by atoms with E-state index >= 15 is 0 Å². The van der Waals surface area contributed by atoms with E-state index < -0.39 is 17.5 Å². The molecule has 1 saturated heterocycles. The Bertz CT molecular complexity index is 565. The minimum absolute atomic E-state index is 0.000789. The molecule has 0 radical (unpaired) electrons. The summed E-state index contributed by atoms with van der Waals surface area (Å²) >= 11 is 0. The predicted molar refractivity (Wildman–Crippen MR) is 77.6 cm³/mol. The van der Waals surface area contributed by atoms with Crippen molar-refractivity contribution >= 4 is 17.7 Å². The summed E-state index contributed by atoms with van der Waals surface area (Å²) in [6.07, 6.45) is 3.30. The molecule has 22 heavy (non-hydrogen) atoms. The van der Waals surface area contributed by atoms with Crippen molar-refractivity contribution in [3.05, 3.63) is 12.2 Å². The summed E-state index contributed by atoms with van der Waals surface area (Å²) in [7, 11) is 0. The van der Waals surface area contributed by atoms with Crippen LogP contribution in [0.3, 0.4) is 0 Å². The second kappa shape index (κ2) is 4.93.